The van der Waals surface area contributed by atoms with E-state index < -0.39 is 0 Å². The molecule has 8 nitrogen and oxygen atoms in total. The minimum absolute atomic E-state index is 0.102. The van der Waals surface area contributed by atoms with E-state index in [2.05, 4.69) is 30.7 Å². The number of carbonyl (C=O) groups is 1. The predicted octanol–water partition coefficient (Wildman–Crippen LogP) is 2.98. The number of aliphatic imine (C=N–C) groups is 1. The zero-order valence-corrected chi connectivity index (χ0v) is 17.2. The number of anilines is 2. The first-order chi connectivity index (χ1) is 14.2. The highest BCUT2D eigenvalue weighted by molar-refractivity contribution is 8.14. The minimum atomic E-state index is -0.102. The Labute approximate surface area is 175 Å². The number of tetrazole rings is 1. The number of hydrogen-bond acceptors (Lipinski definition) is 8. The zero-order chi connectivity index (χ0) is 19.8. The van der Waals surface area contributed by atoms with E-state index in [0.29, 0.717) is 5.16 Å². The molecule has 0 fully saturated rings. The normalized spacial score (nSPS) is 14.5. The number of aromatic nitrogens is 4. The van der Waals surface area contributed by atoms with Crippen LogP contribution in [-0.4, -0.2) is 50.1 Å². The van der Waals surface area contributed by atoms with Gasteiger partial charge in [-0.25, -0.2) is 0 Å². The Morgan fingerprint density at radius 3 is 3.10 bits per heavy atom. The summed E-state index contributed by atoms with van der Waals surface area (Å²) in [6.07, 6.45) is 0. The third-order valence-corrected chi connectivity index (χ3v) is 6.57. The smallest absolute Gasteiger partial charge is 0.234 e. The van der Waals surface area contributed by atoms with Gasteiger partial charge in [0.25, 0.3) is 0 Å². The van der Waals surface area contributed by atoms with Gasteiger partial charge in [-0.15, -0.1) is 5.10 Å². The van der Waals surface area contributed by atoms with E-state index in [4.69, 9.17) is 0 Å². The van der Waals surface area contributed by atoms with Gasteiger partial charge in [-0.3, -0.25) is 9.79 Å². The number of aryl methyl sites for hydroxylation is 1. The summed E-state index contributed by atoms with van der Waals surface area (Å²) < 4.78 is 1.64. The molecule has 0 radical (unpaired) electrons. The average Bonchev–Trinajstić information content (AvgIpc) is 3.42. The van der Waals surface area contributed by atoms with E-state index in [1.165, 1.54) is 16.7 Å². The molecule has 2 aromatic carbocycles. The molecule has 3 heterocycles. The number of benzene rings is 2. The van der Waals surface area contributed by atoms with Gasteiger partial charge in [0, 0.05) is 17.1 Å². The summed E-state index contributed by atoms with van der Waals surface area (Å²) in [4.78, 5) is 20.3. The highest BCUT2D eigenvalue weighted by Crippen LogP contribution is 2.43. The molecule has 0 saturated heterocycles. The molecule has 1 N–H and O–H groups in total. The fourth-order valence-corrected chi connectivity index (χ4v) is 5.00. The van der Waals surface area contributed by atoms with Gasteiger partial charge in [0.15, 0.2) is 5.17 Å². The third-order valence-electron chi connectivity index (χ3n) is 4.56. The largest absolute Gasteiger partial charge is 0.325 e. The van der Waals surface area contributed by atoms with Crippen molar-refractivity contribution in [3.05, 3.63) is 48.0 Å². The van der Waals surface area contributed by atoms with Crippen LogP contribution in [0.25, 0.3) is 5.69 Å². The minimum Gasteiger partial charge on any atom is -0.325 e. The number of nitrogens with zero attached hydrogens (tertiary/aromatic N) is 6. The lowest BCUT2D eigenvalue weighted by Gasteiger charge is -2.13. The first kappa shape index (κ1) is 18.2. The van der Waals surface area contributed by atoms with Gasteiger partial charge in [-0.05, 0) is 65.0 Å². The highest BCUT2D eigenvalue weighted by atomic mass is 32.2. The van der Waals surface area contributed by atoms with Gasteiger partial charge >= 0.3 is 0 Å². The molecular weight excluding hydrogens is 406 g/mol. The monoisotopic (exact) mass is 423 g/mol. The number of amidine groups is 1. The maximum atomic E-state index is 12.5. The lowest BCUT2D eigenvalue weighted by atomic mass is 10.2. The molecular formula is C19H17N7OS2. The number of thioether (sulfide) groups is 2. The van der Waals surface area contributed by atoms with E-state index >= 15 is 0 Å². The van der Waals surface area contributed by atoms with Crippen LogP contribution in [0.4, 0.5) is 11.4 Å². The Bertz CT molecular complexity index is 1130. The molecule has 29 heavy (non-hydrogen) atoms. The van der Waals surface area contributed by atoms with Gasteiger partial charge in [0.1, 0.15) is 0 Å². The molecule has 2 aliphatic rings. The lowest BCUT2D eigenvalue weighted by molar-refractivity contribution is -0.113. The topological polar surface area (TPSA) is 88.3 Å². The quantitative estimate of drug-likeness (QED) is 0.631. The lowest BCUT2D eigenvalue weighted by Crippen LogP contribution is -2.21. The Balaban J connectivity index is 1.25. The molecule has 5 rings (SSSR count). The van der Waals surface area contributed by atoms with Crippen molar-refractivity contribution in [2.75, 3.05) is 29.1 Å². The number of carbonyl (C=O) groups excluding carboxylic acids is 1. The van der Waals surface area contributed by atoms with Crippen molar-refractivity contribution >= 4 is 46.0 Å². The molecule has 146 valence electrons. The van der Waals surface area contributed by atoms with Crippen molar-refractivity contribution < 1.29 is 4.79 Å². The second-order valence-electron chi connectivity index (χ2n) is 6.65. The van der Waals surface area contributed by atoms with Gasteiger partial charge in [-0.2, -0.15) is 4.68 Å². The molecule has 2 aliphatic heterocycles. The fourth-order valence-electron chi connectivity index (χ4n) is 3.25. The number of rotatable bonds is 5. The molecule has 0 bridgehead atoms. The average molecular weight is 424 g/mol. The molecule has 0 unspecified atom stereocenters. The summed E-state index contributed by atoms with van der Waals surface area (Å²) in [5.74, 6) is 0.115. The first-order valence-corrected chi connectivity index (χ1v) is 10.9. The van der Waals surface area contributed by atoms with E-state index in [1.54, 1.807) is 16.4 Å². The summed E-state index contributed by atoms with van der Waals surface area (Å²) in [5, 5.41) is 16.4. The van der Waals surface area contributed by atoms with E-state index in [9.17, 15) is 4.79 Å². The van der Waals surface area contributed by atoms with Crippen molar-refractivity contribution in [3.8, 4) is 5.69 Å². The second kappa shape index (κ2) is 7.53. The first-order valence-electron chi connectivity index (χ1n) is 9.09. The SMILES string of the molecule is Cc1cccc(-n2nnnc2SCC(=O)Nc2ccc3c(c2)N2CCN=C2S3)c1. The molecule has 0 spiro atoms. The molecule has 10 heteroatoms. The van der Waals surface area contributed by atoms with Crippen LogP contribution in [0, 0.1) is 6.92 Å². The van der Waals surface area contributed by atoms with Crippen LogP contribution in [-0.2, 0) is 4.79 Å². The van der Waals surface area contributed by atoms with Gasteiger partial charge in [-0.1, -0.05) is 23.9 Å². The maximum Gasteiger partial charge on any atom is 0.234 e. The number of hydrogen-bond donors (Lipinski definition) is 1. The van der Waals surface area contributed by atoms with Crippen LogP contribution < -0.4 is 10.2 Å². The van der Waals surface area contributed by atoms with Gasteiger partial charge < -0.3 is 10.2 Å². The Morgan fingerprint density at radius 1 is 1.28 bits per heavy atom. The summed E-state index contributed by atoms with van der Waals surface area (Å²) in [6, 6.07) is 13.9. The van der Waals surface area contributed by atoms with Gasteiger partial charge in [0.2, 0.25) is 11.1 Å². The van der Waals surface area contributed by atoms with Crippen LogP contribution in [0.2, 0.25) is 0 Å². The van der Waals surface area contributed by atoms with E-state index in [0.717, 1.165) is 40.9 Å². The third kappa shape index (κ3) is 3.60. The number of nitrogens with one attached hydrogen (secondary N) is 1. The number of fused-ring (bicyclic) bond motifs is 3. The summed E-state index contributed by atoms with van der Waals surface area (Å²) in [7, 11) is 0. The molecule has 3 aromatic rings. The number of amides is 1. The van der Waals surface area contributed by atoms with Crippen LogP contribution in [0.3, 0.4) is 0 Å². The Kier molecular flexibility index (Phi) is 4.72. The summed E-state index contributed by atoms with van der Waals surface area (Å²) in [5.41, 5.74) is 3.88. The summed E-state index contributed by atoms with van der Waals surface area (Å²) >= 11 is 2.98. The maximum absolute atomic E-state index is 12.5. The molecule has 0 aliphatic carbocycles. The predicted molar refractivity (Wildman–Crippen MR) is 115 cm³/mol. The van der Waals surface area contributed by atoms with E-state index in [1.807, 2.05) is 49.4 Å². The van der Waals surface area contributed by atoms with Crippen LogP contribution >= 0.6 is 23.5 Å². The van der Waals surface area contributed by atoms with Crippen molar-refractivity contribution in [2.45, 2.75) is 17.0 Å². The fraction of sp³-hybridized carbons (Fsp3) is 0.211. The van der Waals surface area contributed by atoms with Crippen LogP contribution in [0.5, 0.6) is 0 Å². The van der Waals surface area contributed by atoms with E-state index in [-0.39, 0.29) is 11.7 Å². The Hall–Kier alpha value is -2.85. The molecule has 1 amide bonds. The van der Waals surface area contributed by atoms with Crippen LogP contribution in [0.1, 0.15) is 5.56 Å². The summed E-state index contributed by atoms with van der Waals surface area (Å²) in [6.45, 7) is 3.73. The standard InChI is InChI=1S/C19H17N7OS2/c1-12-3-2-4-14(9-12)26-19(22-23-24-26)28-11-17(27)21-13-5-6-16-15(10-13)25-8-7-20-18(25)29-16/h2-6,9-10H,7-8,11H2,1H3,(H,21,27). The van der Waals surface area contributed by atoms with Crippen LogP contribution in [0.15, 0.2) is 57.5 Å². The van der Waals surface area contributed by atoms with Crippen molar-refractivity contribution in [3.63, 3.8) is 0 Å². The second-order valence-corrected chi connectivity index (χ2v) is 8.60. The highest BCUT2D eigenvalue weighted by Gasteiger charge is 2.29. The molecule has 0 saturated carbocycles. The van der Waals surface area contributed by atoms with Crippen molar-refractivity contribution in [2.24, 2.45) is 4.99 Å². The zero-order valence-electron chi connectivity index (χ0n) is 15.6. The molecule has 0 atom stereocenters. The van der Waals surface area contributed by atoms with Crippen molar-refractivity contribution in [1.29, 1.82) is 0 Å². The molecule has 1 aromatic heterocycles. The van der Waals surface area contributed by atoms with Gasteiger partial charge in [0.05, 0.1) is 23.7 Å². The Morgan fingerprint density at radius 2 is 2.21 bits per heavy atom. The van der Waals surface area contributed by atoms with Crippen molar-refractivity contribution in [1.82, 2.24) is 20.2 Å².